The van der Waals surface area contributed by atoms with Crippen LogP contribution in [0.15, 0.2) is 77.7 Å². The molecule has 36 heavy (non-hydrogen) atoms. The second-order valence-electron chi connectivity index (χ2n) is 7.78. The van der Waals surface area contributed by atoms with Crippen LogP contribution in [0.2, 0.25) is 0 Å². The van der Waals surface area contributed by atoms with Crippen LogP contribution in [-0.4, -0.2) is 49.2 Å². The van der Waals surface area contributed by atoms with Gasteiger partial charge in [-0.25, -0.2) is 14.2 Å². The van der Waals surface area contributed by atoms with Gasteiger partial charge in [0.2, 0.25) is 0 Å². The van der Waals surface area contributed by atoms with Crippen LogP contribution in [0.3, 0.4) is 0 Å². The van der Waals surface area contributed by atoms with E-state index < -0.39 is 48.7 Å². The molecule has 1 amide bonds. The van der Waals surface area contributed by atoms with Gasteiger partial charge in [-0.05, 0) is 30.3 Å². The van der Waals surface area contributed by atoms with Gasteiger partial charge in [-0.3, -0.25) is 13.9 Å². The molecule has 188 valence electrons. The summed E-state index contributed by atoms with van der Waals surface area (Å²) in [6.45, 7) is -0.397. The molecule has 11 nitrogen and oxygen atoms in total. The van der Waals surface area contributed by atoms with Crippen molar-refractivity contribution >= 4 is 37.3 Å². The van der Waals surface area contributed by atoms with Crippen molar-refractivity contribution in [2.75, 3.05) is 11.9 Å². The van der Waals surface area contributed by atoms with E-state index in [-0.39, 0.29) is 12.2 Å². The molecular weight excluding hydrogens is 509 g/mol. The number of rotatable bonds is 8. The number of phosphoric ester groups is 1. The number of benzene rings is 2. The maximum absolute atomic E-state index is 12.7. The van der Waals surface area contributed by atoms with Gasteiger partial charge in [0.1, 0.15) is 11.9 Å². The van der Waals surface area contributed by atoms with Crippen molar-refractivity contribution in [3.63, 3.8) is 0 Å². The Morgan fingerprint density at radius 3 is 2.31 bits per heavy atom. The number of ether oxygens (including phenoxy) is 1. The molecule has 3 aromatic rings. The molecule has 1 aliphatic heterocycles. The van der Waals surface area contributed by atoms with Crippen LogP contribution in [0.4, 0.5) is 5.82 Å². The van der Waals surface area contributed by atoms with Crippen LogP contribution in [-0.2, 0) is 13.8 Å². The first-order valence-corrected chi connectivity index (χ1v) is 13.2. The maximum Gasteiger partial charge on any atom is 0.469 e. The molecule has 3 N–H and O–H groups in total. The Labute approximate surface area is 209 Å². The minimum Gasteiger partial charge on any atom is -0.457 e. The zero-order valence-corrected chi connectivity index (χ0v) is 20.4. The third kappa shape index (κ3) is 6.68. The summed E-state index contributed by atoms with van der Waals surface area (Å²) >= 11 is 1.17. The number of thioether (sulfide) groups is 1. The zero-order chi connectivity index (χ0) is 25.7. The van der Waals surface area contributed by atoms with E-state index in [9.17, 15) is 18.9 Å². The van der Waals surface area contributed by atoms with Crippen molar-refractivity contribution in [3.8, 4) is 0 Å². The summed E-state index contributed by atoms with van der Waals surface area (Å²) < 4.78 is 22.8. The lowest BCUT2D eigenvalue weighted by Gasteiger charge is -2.19. The Kier molecular flexibility index (Phi) is 8.02. The van der Waals surface area contributed by atoms with Gasteiger partial charge >= 0.3 is 19.5 Å². The van der Waals surface area contributed by atoms with Gasteiger partial charge in [0, 0.05) is 18.2 Å². The summed E-state index contributed by atoms with van der Waals surface area (Å²) in [7, 11) is -4.76. The normalized spacial score (nSPS) is 19.6. The molecule has 1 aromatic heterocycles. The fourth-order valence-electron chi connectivity index (χ4n) is 3.58. The molecule has 2 aromatic carbocycles. The number of aromatic nitrogens is 2. The van der Waals surface area contributed by atoms with Gasteiger partial charge in [-0.1, -0.05) is 36.4 Å². The molecule has 1 aliphatic rings. The first-order valence-electron chi connectivity index (χ1n) is 10.8. The standard InChI is InChI=1S/C23H22N3O8PS/c27-21(15-7-3-1-4-8-15)24-19-11-12-26(23(29)25-19)20-13-17(18(36-20)14-33-35(30,31)32)34-22(28)16-9-5-2-6-10-16/h1-12,17-18,20H,13-14H2,(H2,30,31,32)(H,24,25,27,29)/t17-,18-,20?/m1/s1. The molecule has 0 aliphatic carbocycles. The molecule has 0 radical (unpaired) electrons. The van der Waals surface area contributed by atoms with E-state index in [4.69, 9.17) is 14.5 Å². The van der Waals surface area contributed by atoms with E-state index in [0.717, 1.165) is 0 Å². The monoisotopic (exact) mass is 531 g/mol. The number of esters is 1. The van der Waals surface area contributed by atoms with Crippen LogP contribution >= 0.6 is 19.6 Å². The number of carbonyl (C=O) groups is 2. The number of amides is 1. The lowest BCUT2D eigenvalue weighted by atomic mass is 10.1. The molecule has 0 bridgehead atoms. The van der Waals surface area contributed by atoms with Crippen molar-refractivity contribution in [1.29, 1.82) is 0 Å². The van der Waals surface area contributed by atoms with Gasteiger partial charge in [0.25, 0.3) is 5.91 Å². The summed E-state index contributed by atoms with van der Waals surface area (Å²) in [5.74, 6) is -0.952. The third-order valence-corrected chi connectivity index (χ3v) is 7.28. The van der Waals surface area contributed by atoms with Gasteiger partial charge < -0.3 is 19.8 Å². The number of hydrogen-bond donors (Lipinski definition) is 3. The van der Waals surface area contributed by atoms with E-state index in [1.165, 1.54) is 28.6 Å². The lowest BCUT2D eigenvalue weighted by molar-refractivity contribution is 0.0254. The van der Waals surface area contributed by atoms with Crippen LogP contribution < -0.4 is 11.0 Å². The van der Waals surface area contributed by atoms with Crippen LogP contribution in [0.1, 0.15) is 32.5 Å². The highest BCUT2D eigenvalue weighted by atomic mass is 32.2. The van der Waals surface area contributed by atoms with E-state index in [2.05, 4.69) is 14.8 Å². The fraction of sp³-hybridized carbons (Fsp3) is 0.217. The summed E-state index contributed by atoms with van der Waals surface area (Å²) in [6.07, 6.45) is 0.842. The van der Waals surface area contributed by atoms with Gasteiger partial charge in [0.05, 0.1) is 22.8 Å². The molecular formula is C23H22N3O8PS. The Bertz CT molecular complexity index is 1330. The predicted octanol–water partition coefficient (Wildman–Crippen LogP) is 2.83. The molecule has 2 heterocycles. The fourth-order valence-corrected chi connectivity index (χ4v) is 5.52. The Morgan fingerprint density at radius 1 is 1.06 bits per heavy atom. The molecule has 4 rings (SSSR count). The lowest BCUT2D eigenvalue weighted by Crippen LogP contribution is -2.29. The van der Waals surface area contributed by atoms with Crippen LogP contribution in [0.5, 0.6) is 0 Å². The smallest absolute Gasteiger partial charge is 0.457 e. The second kappa shape index (κ2) is 11.2. The Hall–Kier alpha value is -3.28. The van der Waals surface area contributed by atoms with Crippen LogP contribution in [0.25, 0.3) is 0 Å². The van der Waals surface area contributed by atoms with Crippen molar-refractivity contribution in [3.05, 3.63) is 94.5 Å². The number of carbonyl (C=O) groups excluding carboxylic acids is 2. The number of anilines is 1. The molecule has 1 unspecified atom stereocenters. The molecule has 13 heteroatoms. The van der Waals surface area contributed by atoms with Crippen molar-refractivity contribution < 1.29 is 33.2 Å². The minimum absolute atomic E-state index is 0.0709. The highest BCUT2D eigenvalue weighted by molar-refractivity contribution is 8.00. The zero-order valence-electron chi connectivity index (χ0n) is 18.7. The highest BCUT2D eigenvalue weighted by Crippen LogP contribution is 2.45. The molecule has 0 spiro atoms. The largest absolute Gasteiger partial charge is 0.469 e. The average Bonchev–Trinajstić information content (AvgIpc) is 3.25. The van der Waals surface area contributed by atoms with E-state index >= 15 is 0 Å². The quantitative estimate of drug-likeness (QED) is 0.292. The minimum atomic E-state index is -4.76. The van der Waals surface area contributed by atoms with Crippen molar-refractivity contribution in [2.24, 2.45) is 0 Å². The Morgan fingerprint density at radius 2 is 1.69 bits per heavy atom. The van der Waals surface area contributed by atoms with Crippen molar-refractivity contribution in [2.45, 2.75) is 23.1 Å². The first-order chi connectivity index (χ1) is 17.2. The SMILES string of the molecule is O=C(Nc1ccn(C2C[C@@H](OC(=O)c3ccccc3)[C@@H](COP(=O)(O)O)S2)c(=O)n1)c1ccccc1. The highest BCUT2D eigenvalue weighted by Gasteiger charge is 2.40. The predicted molar refractivity (Wildman–Crippen MR) is 132 cm³/mol. The summed E-state index contributed by atoms with van der Waals surface area (Å²) in [4.78, 5) is 59.8. The van der Waals surface area contributed by atoms with Crippen molar-refractivity contribution in [1.82, 2.24) is 9.55 Å². The summed E-state index contributed by atoms with van der Waals surface area (Å²) in [5.41, 5.74) is 0.0757. The molecule has 0 saturated carbocycles. The maximum atomic E-state index is 12.7. The van der Waals surface area contributed by atoms with Gasteiger partial charge in [-0.2, -0.15) is 4.98 Å². The molecule has 1 saturated heterocycles. The number of phosphoric acid groups is 1. The molecule has 3 atom stereocenters. The number of nitrogens with zero attached hydrogens (tertiary/aromatic N) is 2. The summed E-state index contributed by atoms with van der Waals surface area (Å²) in [5, 5.41) is 1.36. The average molecular weight is 531 g/mol. The van der Waals surface area contributed by atoms with E-state index in [1.54, 1.807) is 60.7 Å². The third-order valence-electron chi connectivity index (χ3n) is 5.27. The van der Waals surface area contributed by atoms with Gasteiger partial charge in [-0.15, -0.1) is 11.8 Å². The summed E-state index contributed by atoms with van der Waals surface area (Å²) in [6, 6.07) is 18.2. The van der Waals surface area contributed by atoms with E-state index in [1.807, 2.05) is 0 Å². The van der Waals surface area contributed by atoms with Crippen LogP contribution in [0, 0.1) is 0 Å². The number of hydrogen-bond acceptors (Lipinski definition) is 8. The molecule has 1 fully saturated rings. The Balaban J connectivity index is 1.49. The second-order valence-corrected chi connectivity index (χ2v) is 10.4. The van der Waals surface area contributed by atoms with Gasteiger partial charge in [0.15, 0.2) is 0 Å². The number of nitrogens with one attached hydrogen (secondary N) is 1. The first kappa shape index (κ1) is 25.8. The topological polar surface area (TPSA) is 157 Å². The van der Waals surface area contributed by atoms with E-state index in [0.29, 0.717) is 11.1 Å².